The zero-order valence-electron chi connectivity index (χ0n) is 27.2. The van der Waals surface area contributed by atoms with Crippen LogP contribution in [0.25, 0.3) is 55.3 Å². The minimum absolute atomic E-state index is 0.511. The smallest absolute Gasteiger partial charge is 0.154 e. The van der Waals surface area contributed by atoms with Crippen LogP contribution in [0.4, 0.5) is 0 Å². The molecule has 0 radical (unpaired) electrons. The summed E-state index contributed by atoms with van der Waals surface area (Å²) in [6, 6.07) is 59.6. The summed E-state index contributed by atoms with van der Waals surface area (Å²) >= 11 is 0. The van der Waals surface area contributed by atoms with Crippen LogP contribution in [-0.4, -0.2) is 12.1 Å². The summed E-state index contributed by atoms with van der Waals surface area (Å²) in [5.41, 5.74) is 10.9. The van der Waals surface area contributed by atoms with Gasteiger partial charge in [-0.05, 0) is 46.5 Å². The van der Waals surface area contributed by atoms with E-state index < -0.39 is 0 Å². The molecule has 0 atom stereocenters. The van der Waals surface area contributed by atoms with Crippen molar-refractivity contribution in [1.82, 2.24) is 0 Å². The topological polar surface area (TPSA) is 61.6 Å². The van der Waals surface area contributed by atoms with Crippen molar-refractivity contribution in [2.45, 2.75) is 6.54 Å². The molecule has 1 heterocycles. The number of fused-ring (bicyclic) bond motifs is 3. The summed E-state index contributed by atoms with van der Waals surface area (Å²) in [6.45, 7) is 0.511. The molecule has 8 rings (SSSR count). The van der Waals surface area contributed by atoms with E-state index in [1.807, 2.05) is 109 Å². The number of furan rings is 1. The van der Waals surface area contributed by atoms with Gasteiger partial charge in [-0.15, -0.1) is 0 Å². The molecule has 0 fully saturated rings. The molecule has 236 valence electrons. The molecule has 0 bridgehead atoms. The van der Waals surface area contributed by atoms with Gasteiger partial charge in [-0.3, -0.25) is 4.99 Å². The zero-order valence-corrected chi connectivity index (χ0v) is 27.2. The maximum absolute atomic E-state index is 10.1. The lowest BCUT2D eigenvalue weighted by atomic mass is 9.93. The molecule has 4 heteroatoms. The van der Waals surface area contributed by atoms with Crippen molar-refractivity contribution < 1.29 is 4.42 Å². The maximum atomic E-state index is 10.1. The SMILES string of the molecule is N#Cc1ccccc1-c1ccc(C=NC(=NCc2ccccc2)c2ccccc2)c2c1oc1c(-c3ccccc3)cc(-c3ccccc3)cc12. The summed E-state index contributed by atoms with van der Waals surface area (Å²) in [5.74, 6) is 0.643. The predicted octanol–water partition coefficient (Wildman–Crippen LogP) is 11.5. The highest BCUT2D eigenvalue weighted by atomic mass is 16.3. The zero-order chi connectivity index (χ0) is 33.7. The maximum Gasteiger partial charge on any atom is 0.154 e. The van der Waals surface area contributed by atoms with Gasteiger partial charge in [-0.2, -0.15) is 5.26 Å². The molecule has 0 aliphatic rings. The first kappa shape index (κ1) is 30.5. The fourth-order valence-corrected chi connectivity index (χ4v) is 6.45. The third kappa shape index (κ3) is 6.01. The van der Waals surface area contributed by atoms with Gasteiger partial charge in [0.1, 0.15) is 11.2 Å². The molecule has 4 nitrogen and oxygen atoms in total. The predicted molar refractivity (Wildman–Crippen MR) is 205 cm³/mol. The number of rotatable bonds is 7. The Kier molecular flexibility index (Phi) is 8.37. The summed E-state index contributed by atoms with van der Waals surface area (Å²) in [4.78, 5) is 10.0. The summed E-state index contributed by atoms with van der Waals surface area (Å²) in [7, 11) is 0. The molecule has 50 heavy (non-hydrogen) atoms. The van der Waals surface area contributed by atoms with Crippen LogP contribution in [0.3, 0.4) is 0 Å². The van der Waals surface area contributed by atoms with Gasteiger partial charge in [0.05, 0.1) is 18.2 Å². The summed E-state index contributed by atoms with van der Waals surface area (Å²) < 4.78 is 6.95. The number of nitrogens with zero attached hydrogens (tertiary/aromatic N) is 3. The van der Waals surface area contributed by atoms with Crippen molar-refractivity contribution in [3.63, 3.8) is 0 Å². The molecule has 7 aromatic carbocycles. The van der Waals surface area contributed by atoms with Gasteiger partial charge in [0.2, 0.25) is 0 Å². The monoisotopic (exact) mass is 641 g/mol. The molecule has 0 unspecified atom stereocenters. The van der Waals surface area contributed by atoms with Crippen molar-refractivity contribution in [2.24, 2.45) is 9.98 Å². The lowest BCUT2D eigenvalue weighted by molar-refractivity contribution is 0.671. The van der Waals surface area contributed by atoms with Crippen molar-refractivity contribution in [3.8, 4) is 39.4 Å². The molecule has 0 N–H and O–H groups in total. The van der Waals surface area contributed by atoms with Crippen LogP contribution in [0.5, 0.6) is 0 Å². The Morgan fingerprint density at radius 2 is 1.22 bits per heavy atom. The van der Waals surface area contributed by atoms with Gasteiger partial charge in [0.25, 0.3) is 0 Å². The molecule has 0 saturated heterocycles. The molecule has 0 saturated carbocycles. The average Bonchev–Trinajstić information content (AvgIpc) is 3.59. The third-order valence-corrected chi connectivity index (χ3v) is 8.89. The van der Waals surface area contributed by atoms with E-state index in [0.29, 0.717) is 23.5 Å². The largest absolute Gasteiger partial charge is 0.455 e. The number of nitriles is 1. The molecular formula is C46H31N3O. The van der Waals surface area contributed by atoms with E-state index in [1.54, 1.807) is 0 Å². The summed E-state index contributed by atoms with van der Waals surface area (Å²) in [6.07, 6.45) is 1.89. The van der Waals surface area contributed by atoms with Crippen LogP contribution in [0.1, 0.15) is 22.3 Å². The fourth-order valence-electron chi connectivity index (χ4n) is 6.45. The second-order valence-corrected chi connectivity index (χ2v) is 12.0. The van der Waals surface area contributed by atoms with E-state index in [4.69, 9.17) is 14.4 Å². The van der Waals surface area contributed by atoms with Crippen molar-refractivity contribution >= 4 is 34.0 Å². The van der Waals surface area contributed by atoms with Crippen LogP contribution in [-0.2, 0) is 6.54 Å². The molecular weight excluding hydrogens is 611 g/mol. The standard InChI is InChI=1S/C46H31N3O/c47-29-36-23-13-14-24-39(36)40-26-25-37(31-49-46(35-21-11-4-12-22-35)48-30-32-15-5-1-6-16-32)43-42-28-38(33-17-7-2-8-18-33)27-41(44(42)50-45(40)43)34-19-9-3-10-20-34/h1-28,31H,30H2. The second-order valence-electron chi connectivity index (χ2n) is 12.0. The van der Waals surface area contributed by atoms with E-state index in [-0.39, 0.29) is 0 Å². The minimum atomic E-state index is 0.511. The number of hydrogen-bond acceptors (Lipinski definition) is 3. The van der Waals surface area contributed by atoms with Crippen LogP contribution < -0.4 is 0 Å². The lowest BCUT2D eigenvalue weighted by Crippen LogP contribution is -2.00. The molecule has 0 spiro atoms. The van der Waals surface area contributed by atoms with E-state index in [2.05, 4.69) is 72.8 Å². The Balaban J connectivity index is 1.39. The molecule has 8 aromatic rings. The van der Waals surface area contributed by atoms with Crippen molar-refractivity contribution in [3.05, 3.63) is 192 Å². The first-order valence-corrected chi connectivity index (χ1v) is 16.6. The Labute approximate surface area is 291 Å². The van der Waals surface area contributed by atoms with Gasteiger partial charge in [-0.25, -0.2) is 4.99 Å². The number of aliphatic imine (C=N–C) groups is 2. The Hall–Kier alpha value is -6.83. The van der Waals surface area contributed by atoms with Gasteiger partial charge in [0, 0.05) is 44.8 Å². The fraction of sp³-hybridized carbons (Fsp3) is 0.0217. The van der Waals surface area contributed by atoms with Gasteiger partial charge < -0.3 is 4.42 Å². The van der Waals surface area contributed by atoms with Crippen LogP contribution in [0.2, 0.25) is 0 Å². The number of benzene rings is 7. The molecule has 1 aromatic heterocycles. The second kappa shape index (κ2) is 13.7. The Morgan fingerprint density at radius 1 is 0.580 bits per heavy atom. The number of amidine groups is 1. The van der Waals surface area contributed by atoms with E-state index in [9.17, 15) is 5.26 Å². The van der Waals surface area contributed by atoms with Crippen molar-refractivity contribution in [2.75, 3.05) is 0 Å². The normalized spacial score (nSPS) is 11.7. The Morgan fingerprint density at radius 3 is 1.94 bits per heavy atom. The lowest BCUT2D eigenvalue weighted by Gasteiger charge is -2.08. The van der Waals surface area contributed by atoms with Crippen LogP contribution >= 0.6 is 0 Å². The number of hydrogen-bond donors (Lipinski definition) is 0. The highest BCUT2D eigenvalue weighted by molar-refractivity contribution is 6.20. The Bertz CT molecular complexity index is 2550. The van der Waals surface area contributed by atoms with Crippen molar-refractivity contribution in [1.29, 1.82) is 5.26 Å². The first-order chi connectivity index (χ1) is 24.8. The highest BCUT2D eigenvalue weighted by Gasteiger charge is 2.21. The van der Waals surface area contributed by atoms with Crippen LogP contribution in [0, 0.1) is 11.3 Å². The van der Waals surface area contributed by atoms with Gasteiger partial charge in [0.15, 0.2) is 5.84 Å². The van der Waals surface area contributed by atoms with E-state index in [1.165, 1.54) is 0 Å². The first-order valence-electron chi connectivity index (χ1n) is 16.6. The third-order valence-electron chi connectivity index (χ3n) is 8.89. The summed E-state index contributed by atoms with van der Waals surface area (Å²) in [5, 5.41) is 12.0. The molecule has 0 aliphatic carbocycles. The quantitative estimate of drug-likeness (QED) is 0.128. The van der Waals surface area contributed by atoms with Gasteiger partial charge in [-0.1, -0.05) is 146 Å². The minimum Gasteiger partial charge on any atom is -0.455 e. The molecule has 0 aliphatic heterocycles. The van der Waals surface area contributed by atoms with E-state index in [0.717, 1.165) is 66.4 Å². The van der Waals surface area contributed by atoms with Crippen LogP contribution in [0.15, 0.2) is 184 Å². The van der Waals surface area contributed by atoms with E-state index >= 15 is 0 Å². The average molecular weight is 642 g/mol. The highest BCUT2D eigenvalue weighted by Crippen LogP contribution is 2.44. The van der Waals surface area contributed by atoms with Gasteiger partial charge >= 0.3 is 0 Å². The molecule has 0 amide bonds.